The van der Waals surface area contributed by atoms with Crippen LogP contribution in [0.15, 0.2) is 58.9 Å². The Morgan fingerprint density at radius 3 is 2.38 bits per heavy atom. The van der Waals surface area contributed by atoms with Gasteiger partial charge in [0, 0.05) is 18.0 Å². The molecule has 3 aromatic rings. The van der Waals surface area contributed by atoms with E-state index in [1.54, 1.807) is 4.90 Å². The molecular weight excluding hydrogens is 402 g/mol. The summed E-state index contributed by atoms with van der Waals surface area (Å²) in [5.74, 6) is 0.426. The Hall–Kier alpha value is -2.51. The molecule has 1 aliphatic rings. The van der Waals surface area contributed by atoms with Crippen LogP contribution in [0.2, 0.25) is 0 Å². The summed E-state index contributed by atoms with van der Waals surface area (Å²) in [7, 11) is 0. The lowest BCUT2D eigenvalue weighted by molar-refractivity contribution is -0.118. The summed E-state index contributed by atoms with van der Waals surface area (Å²) in [6.07, 6.45) is 2.49. The standard InChI is InChI=1S/C22H21N3O2S2/c1-2-20(27)25(18-12-13-18)21-23-24-22(29-21)28-14-19(26)17-10-8-16(9-11-17)15-6-4-3-5-7-15/h3-11,18H,2,12-14H2,1H3. The zero-order valence-electron chi connectivity index (χ0n) is 16.1. The summed E-state index contributed by atoms with van der Waals surface area (Å²) >= 11 is 2.75. The number of rotatable bonds is 8. The molecule has 0 radical (unpaired) electrons. The minimum atomic E-state index is 0.0510. The number of hydrogen-bond donors (Lipinski definition) is 0. The molecule has 1 fully saturated rings. The molecular formula is C22H21N3O2S2. The third-order valence-corrected chi connectivity index (χ3v) is 6.78. The zero-order valence-corrected chi connectivity index (χ0v) is 17.7. The fourth-order valence-corrected chi connectivity index (χ4v) is 4.84. The third kappa shape index (κ3) is 4.74. The topological polar surface area (TPSA) is 63.2 Å². The predicted molar refractivity (Wildman–Crippen MR) is 118 cm³/mol. The van der Waals surface area contributed by atoms with E-state index in [9.17, 15) is 9.59 Å². The Balaban J connectivity index is 1.37. The fraction of sp³-hybridized carbons (Fsp3) is 0.273. The number of amides is 1. The summed E-state index contributed by atoms with van der Waals surface area (Å²) in [5.41, 5.74) is 2.90. The number of aromatic nitrogens is 2. The number of carbonyl (C=O) groups excluding carboxylic acids is 2. The first kappa shape index (κ1) is 19.8. The highest BCUT2D eigenvalue weighted by atomic mass is 32.2. The van der Waals surface area contributed by atoms with Crippen LogP contribution >= 0.6 is 23.1 Å². The van der Waals surface area contributed by atoms with E-state index < -0.39 is 0 Å². The van der Waals surface area contributed by atoms with Crippen molar-refractivity contribution in [1.82, 2.24) is 10.2 Å². The van der Waals surface area contributed by atoms with Crippen LogP contribution in [-0.2, 0) is 4.79 Å². The van der Waals surface area contributed by atoms with E-state index in [1.807, 2.05) is 61.5 Å². The van der Waals surface area contributed by atoms with E-state index in [0.29, 0.717) is 27.2 Å². The maximum atomic E-state index is 12.6. The van der Waals surface area contributed by atoms with Crippen molar-refractivity contribution in [2.24, 2.45) is 0 Å². The number of carbonyl (C=O) groups is 2. The Bertz CT molecular complexity index is 998. The number of nitrogens with zero attached hydrogens (tertiary/aromatic N) is 3. The van der Waals surface area contributed by atoms with Crippen molar-refractivity contribution in [3.63, 3.8) is 0 Å². The van der Waals surface area contributed by atoms with Crippen LogP contribution in [-0.4, -0.2) is 33.7 Å². The van der Waals surface area contributed by atoms with Gasteiger partial charge < -0.3 is 0 Å². The molecule has 1 heterocycles. The minimum Gasteiger partial charge on any atom is -0.293 e. The molecule has 1 aliphatic carbocycles. The highest BCUT2D eigenvalue weighted by Gasteiger charge is 2.35. The summed E-state index contributed by atoms with van der Waals surface area (Å²) in [4.78, 5) is 26.5. The molecule has 1 saturated carbocycles. The molecule has 0 saturated heterocycles. The quantitative estimate of drug-likeness (QED) is 0.287. The van der Waals surface area contributed by atoms with Gasteiger partial charge in [-0.25, -0.2) is 0 Å². The first-order valence-corrected chi connectivity index (χ1v) is 11.4. The van der Waals surface area contributed by atoms with Crippen molar-refractivity contribution in [1.29, 1.82) is 0 Å². The van der Waals surface area contributed by atoms with E-state index in [2.05, 4.69) is 10.2 Å². The molecule has 1 amide bonds. The molecule has 7 heteroatoms. The molecule has 148 valence electrons. The Labute approximate surface area is 178 Å². The predicted octanol–water partition coefficient (Wildman–Crippen LogP) is 5.09. The first-order chi connectivity index (χ1) is 14.2. The van der Waals surface area contributed by atoms with Crippen LogP contribution in [0, 0.1) is 0 Å². The number of hydrogen-bond acceptors (Lipinski definition) is 6. The molecule has 0 unspecified atom stereocenters. The Morgan fingerprint density at radius 2 is 1.72 bits per heavy atom. The minimum absolute atomic E-state index is 0.0510. The first-order valence-electron chi connectivity index (χ1n) is 9.62. The number of anilines is 1. The van der Waals surface area contributed by atoms with Gasteiger partial charge in [-0.1, -0.05) is 84.6 Å². The smallest absolute Gasteiger partial charge is 0.228 e. The third-order valence-electron chi connectivity index (χ3n) is 4.73. The molecule has 2 aromatic carbocycles. The van der Waals surface area contributed by atoms with Gasteiger partial charge in [0.1, 0.15) is 0 Å². The normalized spacial score (nSPS) is 13.3. The molecule has 0 N–H and O–H groups in total. The average Bonchev–Trinajstić information content (AvgIpc) is 3.50. The van der Waals surface area contributed by atoms with Crippen LogP contribution < -0.4 is 4.90 Å². The van der Waals surface area contributed by atoms with E-state index in [0.717, 1.165) is 24.0 Å². The zero-order chi connectivity index (χ0) is 20.2. The van der Waals surface area contributed by atoms with Gasteiger partial charge in [-0.2, -0.15) is 0 Å². The lowest BCUT2D eigenvalue weighted by atomic mass is 10.0. The maximum Gasteiger partial charge on any atom is 0.228 e. The van der Waals surface area contributed by atoms with Crippen molar-refractivity contribution in [3.05, 3.63) is 60.2 Å². The van der Waals surface area contributed by atoms with Crippen molar-refractivity contribution in [2.45, 2.75) is 36.6 Å². The van der Waals surface area contributed by atoms with Gasteiger partial charge >= 0.3 is 0 Å². The maximum absolute atomic E-state index is 12.6. The summed E-state index contributed by atoms with van der Waals surface area (Å²) < 4.78 is 0.712. The molecule has 0 atom stereocenters. The SMILES string of the molecule is CCC(=O)N(c1nnc(SCC(=O)c2ccc(-c3ccccc3)cc2)s1)C1CC1. The van der Waals surface area contributed by atoms with Crippen molar-refractivity contribution in [3.8, 4) is 11.1 Å². The fourth-order valence-electron chi connectivity index (χ4n) is 3.02. The summed E-state index contributed by atoms with van der Waals surface area (Å²) in [6, 6.07) is 18.0. The van der Waals surface area contributed by atoms with Crippen LogP contribution in [0.4, 0.5) is 5.13 Å². The highest BCUT2D eigenvalue weighted by molar-refractivity contribution is 8.01. The molecule has 1 aromatic heterocycles. The van der Waals surface area contributed by atoms with Crippen LogP contribution in [0.25, 0.3) is 11.1 Å². The Kier molecular flexibility index (Phi) is 6.06. The number of benzene rings is 2. The number of ketones is 1. The average molecular weight is 424 g/mol. The van der Waals surface area contributed by atoms with Crippen LogP contribution in [0.3, 0.4) is 0 Å². The molecule has 0 spiro atoms. The van der Waals surface area contributed by atoms with E-state index in [4.69, 9.17) is 0 Å². The lowest BCUT2D eigenvalue weighted by Gasteiger charge is -2.17. The summed E-state index contributed by atoms with van der Waals surface area (Å²) in [5, 5.41) is 8.99. The molecule has 0 aliphatic heterocycles. The van der Waals surface area contributed by atoms with Gasteiger partial charge in [0.05, 0.1) is 5.75 Å². The van der Waals surface area contributed by atoms with E-state index >= 15 is 0 Å². The number of thioether (sulfide) groups is 1. The number of Topliss-reactive ketones (excluding diaryl/α,β-unsaturated/α-hetero) is 1. The van der Waals surface area contributed by atoms with Crippen molar-refractivity contribution >= 4 is 39.9 Å². The molecule has 5 nitrogen and oxygen atoms in total. The van der Waals surface area contributed by atoms with Gasteiger partial charge in [0.2, 0.25) is 11.0 Å². The molecule has 4 rings (SSSR count). The van der Waals surface area contributed by atoms with Crippen molar-refractivity contribution < 1.29 is 9.59 Å². The molecule has 29 heavy (non-hydrogen) atoms. The van der Waals surface area contributed by atoms with E-state index in [-0.39, 0.29) is 17.7 Å². The highest BCUT2D eigenvalue weighted by Crippen LogP contribution is 2.36. The van der Waals surface area contributed by atoms with Gasteiger partial charge in [-0.3, -0.25) is 14.5 Å². The summed E-state index contributed by atoms with van der Waals surface area (Å²) in [6.45, 7) is 1.86. The van der Waals surface area contributed by atoms with Gasteiger partial charge in [-0.05, 0) is 24.0 Å². The second-order valence-corrected chi connectivity index (χ2v) is 9.03. The lowest BCUT2D eigenvalue weighted by Crippen LogP contribution is -2.32. The van der Waals surface area contributed by atoms with E-state index in [1.165, 1.54) is 23.1 Å². The molecule has 0 bridgehead atoms. The monoisotopic (exact) mass is 423 g/mol. The van der Waals surface area contributed by atoms with Crippen LogP contribution in [0.1, 0.15) is 36.5 Å². The second-order valence-electron chi connectivity index (χ2n) is 6.85. The largest absolute Gasteiger partial charge is 0.293 e. The second kappa shape index (κ2) is 8.88. The van der Waals surface area contributed by atoms with Crippen LogP contribution in [0.5, 0.6) is 0 Å². The van der Waals surface area contributed by atoms with Crippen molar-refractivity contribution in [2.75, 3.05) is 10.7 Å². The van der Waals surface area contributed by atoms with Gasteiger partial charge in [0.25, 0.3) is 0 Å². The Morgan fingerprint density at radius 1 is 1.03 bits per heavy atom. The van der Waals surface area contributed by atoms with Gasteiger partial charge in [0.15, 0.2) is 10.1 Å². The van der Waals surface area contributed by atoms with Gasteiger partial charge in [-0.15, -0.1) is 10.2 Å².